The molecule has 0 bridgehead atoms. The Balaban J connectivity index is 1.77. The number of aromatic carboxylic acids is 1. The average molecular weight is 499 g/mol. The van der Waals surface area contributed by atoms with Crippen molar-refractivity contribution in [2.24, 2.45) is 5.92 Å². The lowest BCUT2D eigenvalue weighted by Gasteiger charge is -2.16. The summed E-state index contributed by atoms with van der Waals surface area (Å²) >= 11 is 0. The molecule has 0 unspecified atom stereocenters. The van der Waals surface area contributed by atoms with Gasteiger partial charge in [0.15, 0.2) is 5.69 Å². The van der Waals surface area contributed by atoms with E-state index in [4.69, 9.17) is 10.1 Å². The Kier molecular flexibility index (Phi) is 7.43. The maximum absolute atomic E-state index is 13.4. The average Bonchev–Trinajstić information content (AvgIpc) is 3.75. The molecule has 9 nitrogen and oxygen atoms in total. The zero-order valence-corrected chi connectivity index (χ0v) is 20.2. The summed E-state index contributed by atoms with van der Waals surface area (Å²) in [6.07, 6.45) is 4.85. The zero-order chi connectivity index (χ0) is 26.5. The first-order valence-corrected chi connectivity index (χ1v) is 11.6. The van der Waals surface area contributed by atoms with Crippen LogP contribution in [-0.4, -0.2) is 47.7 Å². The molecular formula is C28H26N4O5. The van der Waals surface area contributed by atoms with Gasteiger partial charge in [-0.3, -0.25) is 9.59 Å². The van der Waals surface area contributed by atoms with Crippen molar-refractivity contribution in [3.8, 4) is 16.9 Å². The van der Waals surface area contributed by atoms with E-state index in [0.29, 0.717) is 35.0 Å². The van der Waals surface area contributed by atoms with Gasteiger partial charge < -0.3 is 25.9 Å². The minimum atomic E-state index is -1.34. The number of carbonyl (C=O) groups is 3. The van der Waals surface area contributed by atoms with Crippen molar-refractivity contribution in [2.75, 3.05) is 19.0 Å². The number of carbonyl (C=O) groups excluding carboxylic acids is 2. The topological polar surface area (TPSA) is 141 Å². The third kappa shape index (κ3) is 5.72. The van der Waals surface area contributed by atoms with Crippen molar-refractivity contribution in [1.82, 2.24) is 10.3 Å². The highest BCUT2D eigenvalue weighted by Crippen LogP contribution is 2.34. The van der Waals surface area contributed by atoms with E-state index in [9.17, 15) is 19.5 Å². The summed E-state index contributed by atoms with van der Waals surface area (Å²) in [6, 6.07) is 12.7. The fraction of sp³-hybridized carbons (Fsp3) is 0.179. The summed E-state index contributed by atoms with van der Waals surface area (Å²) in [5.41, 5.74) is 1.92. The highest BCUT2D eigenvalue weighted by atomic mass is 16.5. The number of amides is 2. The molecule has 188 valence electrons. The van der Waals surface area contributed by atoms with Crippen LogP contribution >= 0.6 is 0 Å². The van der Waals surface area contributed by atoms with E-state index >= 15 is 0 Å². The third-order valence-corrected chi connectivity index (χ3v) is 6.04. The summed E-state index contributed by atoms with van der Waals surface area (Å²) in [6.45, 7) is 4.30. The number of methoxy groups -OCH3 is 1. The Bertz CT molecular complexity index is 1390. The number of nitrogens with one attached hydrogen (secondary N) is 3. The lowest BCUT2D eigenvalue weighted by Crippen LogP contribution is -2.27. The van der Waals surface area contributed by atoms with Crippen LogP contribution in [0.4, 0.5) is 5.69 Å². The second-order valence-corrected chi connectivity index (χ2v) is 8.62. The normalized spacial score (nSPS) is 12.4. The maximum atomic E-state index is 13.4. The first-order valence-electron chi connectivity index (χ1n) is 11.6. The molecule has 0 aliphatic heterocycles. The van der Waals surface area contributed by atoms with Gasteiger partial charge in [-0.1, -0.05) is 24.8 Å². The van der Waals surface area contributed by atoms with Crippen LogP contribution in [0.25, 0.3) is 17.2 Å². The summed E-state index contributed by atoms with van der Waals surface area (Å²) in [4.78, 5) is 42.2. The Labute approximate surface area is 213 Å². The number of pyridine rings is 1. The Hall–Kier alpha value is -4.79. The quantitative estimate of drug-likeness (QED) is 0.304. The Morgan fingerprint density at radius 2 is 1.84 bits per heavy atom. The van der Waals surface area contributed by atoms with Crippen LogP contribution in [0, 0.1) is 11.3 Å². The highest BCUT2D eigenvalue weighted by molar-refractivity contribution is 6.11. The monoisotopic (exact) mass is 498 g/mol. The molecule has 1 heterocycles. The number of nitrogens with zero attached hydrogens (tertiary/aromatic N) is 1. The first-order chi connectivity index (χ1) is 17.8. The number of carboxylic acids is 1. The van der Waals surface area contributed by atoms with Crippen molar-refractivity contribution in [2.45, 2.75) is 12.8 Å². The predicted molar refractivity (Wildman–Crippen MR) is 141 cm³/mol. The molecule has 1 aliphatic carbocycles. The van der Waals surface area contributed by atoms with E-state index in [0.717, 1.165) is 12.8 Å². The number of benzene rings is 2. The van der Waals surface area contributed by atoms with Gasteiger partial charge in [0.1, 0.15) is 11.4 Å². The number of rotatable bonds is 10. The summed E-state index contributed by atoms with van der Waals surface area (Å²) < 4.78 is 5.44. The van der Waals surface area contributed by atoms with E-state index in [2.05, 4.69) is 22.2 Å². The summed E-state index contributed by atoms with van der Waals surface area (Å²) in [5, 5.41) is 22.8. The van der Waals surface area contributed by atoms with Gasteiger partial charge in [-0.2, -0.15) is 0 Å². The van der Waals surface area contributed by atoms with Crippen LogP contribution in [0.5, 0.6) is 5.75 Å². The van der Waals surface area contributed by atoms with Crippen molar-refractivity contribution in [1.29, 1.82) is 5.41 Å². The lowest BCUT2D eigenvalue weighted by atomic mass is 9.94. The molecule has 37 heavy (non-hydrogen) atoms. The van der Waals surface area contributed by atoms with Gasteiger partial charge in [-0.25, -0.2) is 9.78 Å². The number of ether oxygens (including phenoxy) is 1. The van der Waals surface area contributed by atoms with Crippen molar-refractivity contribution >= 4 is 35.8 Å². The van der Waals surface area contributed by atoms with E-state index in [-0.39, 0.29) is 28.1 Å². The molecule has 4 N–H and O–H groups in total. The van der Waals surface area contributed by atoms with E-state index in [1.807, 2.05) is 0 Å². The molecule has 0 atom stereocenters. The number of anilines is 1. The molecule has 0 spiro atoms. The minimum Gasteiger partial charge on any atom is -0.496 e. The number of aromatic nitrogens is 1. The van der Waals surface area contributed by atoms with Crippen molar-refractivity contribution in [3.05, 3.63) is 83.2 Å². The standard InChI is InChI=1S/C28H26N4O5/c1-3-18-12-22(26(33)31-19-8-6-16(14-29)7-9-19)21(13-24(18)37-2)20-10-11-23(32-25(20)28(35)36)27(34)30-15-17-4-5-17/h3,6-14,17,29H,1,4-5,15H2,2H3,(H,30,34)(H,31,33)(H,35,36). The fourth-order valence-electron chi connectivity index (χ4n) is 3.82. The smallest absolute Gasteiger partial charge is 0.355 e. The van der Waals surface area contributed by atoms with E-state index in [1.165, 1.54) is 31.5 Å². The van der Waals surface area contributed by atoms with Crippen LogP contribution in [0.15, 0.2) is 55.1 Å². The van der Waals surface area contributed by atoms with Gasteiger partial charge in [0.05, 0.1) is 7.11 Å². The summed E-state index contributed by atoms with van der Waals surface area (Å²) in [5.74, 6) is -1.44. The molecular weight excluding hydrogens is 472 g/mol. The van der Waals surface area contributed by atoms with Gasteiger partial charge in [0, 0.05) is 40.7 Å². The molecule has 1 fully saturated rings. The predicted octanol–water partition coefficient (Wildman–Crippen LogP) is 4.49. The third-order valence-electron chi connectivity index (χ3n) is 6.04. The number of hydrogen-bond acceptors (Lipinski definition) is 6. The van der Waals surface area contributed by atoms with Crippen LogP contribution in [0.1, 0.15) is 55.3 Å². The number of carboxylic acid groups (broad SMARTS) is 1. The molecule has 1 aliphatic rings. The molecule has 2 amide bonds. The Morgan fingerprint density at radius 3 is 2.43 bits per heavy atom. The highest BCUT2D eigenvalue weighted by Gasteiger charge is 2.25. The first kappa shape index (κ1) is 25.3. The lowest BCUT2D eigenvalue weighted by molar-refractivity contribution is 0.0691. The van der Waals surface area contributed by atoms with Crippen LogP contribution in [-0.2, 0) is 0 Å². The van der Waals surface area contributed by atoms with E-state index in [1.54, 1.807) is 36.4 Å². The Morgan fingerprint density at radius 1 is 1.11 bits per heavy atom. The van der Waals surface area contributed by atoms with Gasteiger partial charge in [-0.05, 0) is 60.7 Å². The van der Waals surface area contributed by atoms with Crippen LogP contribution in [0.2, 0.25) is 0 Å². The van der Waals surface area contributed by atoms with Crippen LogP contribution in [0.3, 0.4) is 0 Å². The molecule has 2 aromatic carbocycles. The van der Waals surface area contributed by atoms with Gasteiger partial charge in [0.25, 0.3) is 11.8 Å². The largest absolute Gasteiger partial charge is 0.496 e. The molecule has 4 rings (SSSR count). The second kappa shape index (κ2) is 10.9. The molecule has 9 heteroatoms. The van der Waals surface area contributed by atoms with Gasteiger partial charge in [0.2, 0.25) is 0 Å². The van der Waals surface area contributed by atoms with Crippen molar-refractivity contribution in [3.63, 3.8) is 0 Å². The zero-order valence-electron chi connectivity index (χ0n) is 20.2. The molecule has 0 radical (unpaired) electrons. The molecule has 3 aromatic rings. The summed E-state index contributed by atoms with van der Waals surface area (Å²) in [7, 11) is 1.46. The van der Waals surface area contributed by atoms with Gasteiger partial charge in [-0.15, -0.1) is 0 Å². The maximum Gasteiger partial charge on any atom is 0.355 e. The minimum absolute atomic E-state index is 0.0197. The number of hydrogen-bond donors (Lipinski definition) is 4. The SMILES string of the molecule is C=Cc1cc(C(=O)Nc2ccc(C=N)cc2)c(-c2ccc(C(=O)NCC3CC3)nc2C(=O)O)cc1OC. The van der Waals surface area contributed by atoms with E-state index < -0.39 is 17.8 Å². The van der Waals surface area contributed by atoms with Crippen molar-refractivity contribution < 1.29 is 24.2 Å². The molecule has 0 saturated heterocycles. The molecule has 1 aromatic heterocycles. The van der Waals surface area contributed by atoms with Gasteiger partial charge >= 0.3 is 5.97 Å². The second-order valence-electron chi connectivity index (χ2n) is 8.62. The van der Waals surface area contributed by atoms with Crippen LogP contribution < -0.4 is 15.4 Å². The molecule has 1 saturated carbocycles. The fourth-order valence-corrected chi connectivity index (χ4v) is 3.82.